The number of rotatable bonds is 5. The number of fused-ring (bicyclic) bond motifs is 2. The third kappa shape index (κ3) is 3.25. The number of thioether (sulfide) groups is 1. The van der Waals surface area contributed by atoms with Gasteiger partial charge in [0.2, 0.25) is 12.7 Å². The quantitative estimate of drug-likeness (QED) is 0.450. The van der Waals surface area contributed by atoms with Gasteiger partial charge in [0.25, 0.3) is 10.8 Å². The Bertz CT molecular complexity index is 1360. The van der Waals surface area contributed by atoms with Crippen LogP contribution in [0.2, 0.25) is 0 Å². The molecule has 148 valence electrons. The van der Waals surface area contributed by atoms with Gasteiger partial charge in [0.05, 0.1) is 22.7 Å². The van der Waals surface area contributed by atoms with E-state index in [9.17, 15) is 4.79 Å². The first-order valence-electron chi connectivity index (χ1n) is 8.94. The summed E-state index contributed by atoms with van der Waals surface area (Å²) in [7, 11) is 0. The van der Waals surface area contributed by atoms with Crippen LogP contribution in [-0.4, -0.2) is 26.5 Å². The third-order valence-corrected chi connectivity index (χ3v) is 5.33. The summed E-state index contributed by atoms with van der Waals surface area (Å²) in [5.41, 5.74) is 1.05. The molecule has 0 unspecified atom stereocenters. The molecule has 1 aliphatic rings. The Hall–Kier alpha value is -3.84. The molecule has 0 aliphatic carbocycles. The SMILES string of the molecule is N#CCn1c(CSc2nnc(-c3ccc4c(c3)OCO4)o2)nc2ccccc2c1=O. The van der Waals surface area contributed by atoms with Gasteiger partial charge < -0.3 is 13.9 Å². The van der Waals surface area contributed by atoms with Gasteiger partial charge in [-0.3, -0.25) is 9.36 Å². The Labute approximate surface area is 173 Å². The molecule has 0 N–H and O–H groups in total. The summed E-state index contributed by atoms with van der Waals surface area (Å²) in [6, 6.07) is 14.4. The van der Waals surface area contributed by atoms with Crippen molar-refractivity contribution in [3.8, 4) is 29.0 Å². The van der Waals surface area contributed by atoms with Crippen molar-refractivity contribution in [2.75, 3.05) is 6.79 Å². The van der Waals surface area contributed by atoms with E-state index in [0.29, 0.717) is 50.7 Å². The Morgan fingerprint density at radius 3 is 2.90 bits per heavy atom. The van der Waals surface area contributed by atoms with E-state index in [0.717, 1.165) is 0 Å². The highest BCUT2D eigenvalue weighted by Gasteiger charge is 2.18. The number of ether oxygens (including phenoxy) is 2. The predicted octanol–water partition coefficient (Wildman–Crippen LogP) is 2.99. The van der Waals surface area contributed by atoms with Crippen molar-refractivity contribution in [2.45, 2.75) is 17.5 Å². The summed E-state index contributed by atoms with van der Waals surface area (Å²) in [5, 5.41) is 18.1. The summed E-state index contributed by atoms with van der Waals surface area (Å²) < 4.78 is 17.8. The lowest BCUT2D eigenvalue weighted by Gasteiger charge is -2.09. The molecule has 0 atom stereocenters. The van der Waals surface area contributed by atoms with E-state index < -0.39 is 0 Å². The van der Waals surface area contributed by atoms with Gasteiger partial charge in [-0.1, -0.05) is 23.9 Å². The van der Waals surface area contributed by atoms with E-state index in [1.807, 2.05) is 18.2 Å². The van der Waals surface area contributed by atoms with E-state index >= 15 is 0 Å². The van der Waals surface area contributed by atoms with Crippen LogP contribution in [-0.2, 0) is 12.3 Å². The minimum absolute atomic E-state index is 0.0845. The largest absolute Gasteiger partial charge is 0.454 e. The van der Waals surface area contributed by atoms with Crippen LogP contribution in [0, 0.1) is 11.3 Å². The first kappa shape index (κ1) is 18.2. The average molecular weight is 419 g/mol. The fourth-order valence-corrected chi connectivity index (χ4v) is 3.81. The third-order valence-electron chi connectivity index (χ3n) is 4.52. The van der Waals surface area contributed by atoms with Crippen LogP contribution in [0.25, 0.3) is 22.4 Å². The van der Waals surface area contributed by atoms with Gasteiger partial charge in [-0.25, -0.2) is 4.98 Å². The molecule has 5 rings (SSSR count). The number of aromatic nitrogens is 4. The number of nitriles is 1. The Kier molecular flexibility index (Phi) is 4.57. The Morgan fingerprint density at radius 2 is 2.00 bits per heavy atom. The van der Waals surface area contributed by atoms with Crippen LogP contribution in [0.4, 0.5) is 0 Å². The van der Waals surface area contributed by atoms with Crippen molar-refractivity contribution in [1.82, 2.24) is 19.7 Å². The van der Waals surface area contributed by atoms with Crippen molar-refractivity contribution < 1.29 is 13.9 Å². The molecule has 0 spiro atoms. The van der Waals surface area contributed by atoms with Gasteiger partial charge in [0, 0.05) is 5.56 Å². The number of benzene rings is 2. The van der Waals surface area contributed by atoms with Crippen LogP contribution in [0.5, 0.6) is 11.5 Å². The second kappa shape index (κ2) is 7.53. The maximum absolute atomic E-state index is 12.7. The molecule has 3 heterocycles. The van der Waals surface area contributed by atoms with Crippen LogP contribution >= 0.6 is 11.8 Å². The minimum Gasteiger partial charge on any atom is -0.454 e. The summed E-state index contributed by atoms with van der Waals surface area (Å²) in [5.74, 6) is 2.40. The fourth-order valence-electron chi connectivity index (χ4n) is 3.10. The van der Waals surface area contributed by atoms with E-state index in [-0.39, 0.29) is 18.9 Å². The molecule has 0 radical (unpaired) electrons. The zero-order chi connectivity index (χ0) is 20.5. The number of hydrogen-bond donors (Lipinski definition) is 0. The van der Waals surface area contributed by atoms with Crippen LogP contribution in [0.3, 0.4) is 0 Å². The predicted molar refractivity (Wildman–Crippen MR) is 107 cm³/mol. The van der Waals surface area contributed by atoms with Crippen molar-refractivity contribution in [3.63, 3.8) is 0 Å². The zero-order valence-corrected chi connectivity index (χ0v) is 16.3. The summed E-state index contributed by atoms with van der Waals surface area (Å²) in [6.07, 6.45) is 0. The topological polar surface area (TPSA) is 116 Å². The highest BCUT2D eigenvalue weighted by atomic mass is 32.2. The maximum atomic E-state index is 12.7. The molecule has 0 bridgehead atoms. The monoisotopic (exact) mass is 419 g/mol. The molecule has 9 nitrogen and oxygen atoms in total. The molecule has 0 amide bonds. The van der Waals surface area contributed by atoms with Gasteiger partial charge in [-0.05, 0) is 30.3 Å². The lowest BCUT2D eigenvalue weighted by atomic mass is 10.2. The van der Waals surface area contributed by atoms with E-state index in [1.165, 1.54) is 16.3 Å². The molecular weight excluding hydrogens is 406 g/mol. The molecule has 4 aromatic rings. The van der Waals surface area contributed by atoms with Crippen molar-refractivity contribution in [1.29, 1.82) is 5.26 Å². The van der Waals surface area contributed by atoms with Crippen molar-refractivity contribution >= 4 is 22.7 Å². The second-order valence-electron chi connectivity index (χ2n) is 6.32. The van der Waals surface area contributed by atoms with E-state index in [2.05, 4.69) is 15.2 Å². The molecule has 2 aromatic carbocycles. The fraction of sp³-hybridized carbons (Fsp3) is 0.150. The number of para-hydroxylation sites is 1. The standard InChI is InChI=1S/C20H13N5O4S/c21-7-8-25-17(22-14-4-2-1-3-13(14)19(25)26)10-30-20-24-23-18(29-20)12-5-6-15-16(9-12)28-11-27-15/h1-6,9H,8,10-11H2. The van der Waals surface area contributed by atoms with Gasteiger partial charge >= 0.3 is 0 Å². The van der Waals surface area contributed by atoms with Crippen LogP contribution < -0.4 is 15.0 Å². The maximum Gasteiger partial charge on any atom is 0.277 e. The second-order valence-corrected chi connectivity index (χ2v) is 7.25. The molecule has 0 saturated heterocycles. The van der Waals surface area contributed by atoms with Gasteiger partial charge in [-0.2, -0.15) is 5.26 Å². The van der Waals surface area contributed by atoms with Crippen LogP contribution in [0.1, 0.15) is 5.82 Å². The van der Waals surface area contributed by atoms with E-state index in [1.54, 1.807) is 30.3 Å². The van der Waals surface area contributed by atoms with Crippen molar-refractivity contribution in [3.05, 3.63) is 58.6 Å². The average Bonchev–Trinajstić information content (AvgIpc) is 3.43. The molecular formula is C20H13N5O4S. The molecule has 1 aliphatic heterocycles. The Morgan fingerprint density at radius 1 is 1.13 bits per heavy atom. The summed E-state index contributed by atoms with van der Waals surface area (Å²) >= 11 is 1.24. The van der Waals surface area contributed by atoms with Crippen molar-refractivity contribution in [2.24, 2.45) is 0 Å². The minimum atomic E-state index is -0.246. The molecule has 2 aromatic heterocycles. The van der Waals surface area contributed by atoms with Gasteiger partial charge in [0.15, 0.2) is 11.5 Å². The smallest absolute Gasteiger partial charge is 0.277 e. The highest BCUT2D eigenvalue weighted by Crippen LogP contribution is 2.36. The molecule has 30 heavy (non-hydrogen) atoms. The molecule has 0 fully saturated rings. The first-order valence-corrected chi connectivity index (χ1v) is 9.93. The molecule has 10 heteroatoms. The highest BCUT2D eigenvalue weighted by molar-refractivity contribution is 7.98. The van der Waals surface area contributed by atoms with Gasteiger partial charge in [0.1, 0.15) is 12.4 Å². The summed E-state index contributed by atoms with van der Waals surface area (Å²) in [6.45, 7) is 0.103. The molecule has 0 saturated carbocycles. The lowest BCUT2D eigenvalue weighted by molar-refractivity contribution is 0.174. The first-order chi connectivity index (χ1) is 14.7. The number of nitrogens with zero attached hydrogens (tertiary/aromatic N) is 5. The summed E-state index contributed by atoms with van der Waals surface area (Å²) in [4.78, 5) is 17.3. The lowest BCUT2D eigenvalue weighted by Crippen LogP contribution is -2.24. The van der Waals surface area contributed by atoms with Crippen LogP contribution in [0.15, 0.2) is 56.9 Å². The number of hydrogen-bond acceptors (Lipinski definition) is 9. The normalized spacial score (nSPS) is 12.2. The zero-order valence-electron chi connectivity index (χ0n) is 15.4. The van der Waals surface area contributed by atoms with Gasteiger partial charge in [-0.15, -0.1) is 10.2 Å². The Balaban J connectivity index is 1.40. The van der Waals surface area contributed by atoms with E-state index in [4.69, 9.17) is 19.2 Å².